The van der Waals surface area contributed by atoms with E-state index in [1.54, 1.807) is 7.11 Å². The molecule has 2 rings (SSSR count). The Hall–Kier alpha value is -1.95. The van der Waals surface area contributed by atoms with Crippen molar-refractivity contribution in [3.8, 4) is 16.3 Å². The molecule has 0 aliphatic carbocycles. The number of benzene rings is 1. The summed E-state index contributed by atoms with van der Waals surface area (Å²) in [6, 6.07) is 7.60. The van der Waals surface area contributed by atoms with Crippen molar-refractivity contribution >= 4 is 22.4 Å². The van der Waals surface area contributed by atoms with Crippen LogP contribution in [0.1, 0.15) is 32.6 Å². The first kappa shape index (κ1) is 15.4. The highest BCUT2D eigenvalue weighted by Gasteiger charge is 2.09. The third-order valence-electron chi connectivity index (χ3n) is 3.02. The van der Waals surface area contributed by atoms with Gasteiger partial charge in [0.2, 0.25) is 11.0 Å². The zero-order chi connectivity index (χ0) is 15.1. The number of hydrogen-bond donors (Lipinski definition) is 1. The predicted molar refractivity (Wildman–Crippen MR) is 84.7 cm³/mol. The van der Waals surface area contributed by atoms with Crippen molar-refractivity contribution in [2.75, 3.05) is 12.4 Å². The lowest BCUT2D eigenvalue weighted by molar-refractivity contribution is -0.116. The number of amides is 1. The van der Waals surface area contributed by atoms with Gasteiger partial charge in [-0.2, -0.15) is 0 Å². The van der Waals surface area contributed by atoms with Gasteiger partial charge in [-0.1, -0.05) is 31.1 Å². The molecule has 21 heavy (non-hydrogen) atoms. The topological polar surface area (TPSA) is 64.1 Å². The van der Waals surface area contributed by atoms with Crippen molar-refractivity contribution in [3.05, 3.63) is 24.3 Å². The van der Waals surface area contributed by atoms with E-state index in [2.05, 4.69) is 22.4 Å². The van der Waals surface area contributed by atoms with E-state index in [-0.39, 0.29) is 5.91 Å². The van der Waals surface area contributed by atoms with Crippen LogP contribution >= 0.6 is 11.3 Å². The number of rotatable bonds is 7. The van der Waals surface area contributed by atoms with E-state index in [4.69, 9.17) is 4.74 Å². The monoisotopic (exact) mass is 305 g/mol. The van der Waals surface area contributed by atoms with Gasteiger partial charge in [0.25, 0.3) is 0 Å². The number of anilines is 1. The molecule has 5 nitrogen and oxygen atoms in total. The van der Waals surface area contributed by atoms with Gasteiger partial charge in [0.05, 0.1) is 7.11 Å². The van der Waals surface area contributed by atoms with Gasteiger partial charge in [-0.25, -0.2) is 0 Å². The Bertz CT molecular complexity index is 581. The molecule has 0 radical (unpaired) electrons. The van der Waals surface area contributed by atoms with Crippen molar-refractivity contribution < 1.29 is 9.53 Å². The summed E-state index contributed by atoms with van der Waals surface area (Å²) in [6.07, 6.45) is 3.62. The summed E-state index contributed by atoms with van der Waals surface area (Å²) in [5.74, 6) is 0.800. The minimum absolute atomic E-state index is 0.000816. The molecule has 0 saturated heterocycles. The molecular weight excluding hydrogens is 286 g/mol. The number of aromatic nitrogens is 2. The number of hydrogen-bond acceptors (Lipinski definition) is 5. The van der Waals surface area contributed by atoms with Gasteiger partial charge in [0.1, 0.15) is 10.8 Å². The van der Waals surface area contributed by atoms with Gasteiger partial charge in [0, 0.05) is 12.0 Å². The van der Waals surface area contributed by atoms with Crippen LogP contribution in [0.25, 0.3) is 10.6 Å². The van der Waals surface area contributed by atoms with E-state index in [9.17, 15) is 4.79 Å². The molecule has 1 aromatic heterocycles. The van der Waals surface area contributed by atoms with E-state index < -0.39 is 0 Å². The summed E-state index contributed by atoms with van der Waals surface area (Å²) in [6.45, 7) is 2.11. The van der Waals surface area contributed by atoms with Gasteiger partial charge < -0.3 is 10.1 Å². The van der Waals surface area contributed by atoms with Crippen molar-refractivity contribution in [1.82, 2.24) is 10.2 Å². The first-order valence-corrected chi connectivity index (χ1v) is 7.82. The lowest BCUT2D eigenvalue weighted by Gasteiger charge is -2.00. The maximum Gasteiger partial charge on any atom is 0.226 e. The number of nitrogens with zero attached hydrogens (tertiary/aromatic N) is 2. The standard InChI is InChI=1S/C15H19N3O2S/c1-3-4-5-6-13(19)16-15-18-17-14(21-15)11-7-9-12(20-2)10-8-11/h7-10H,3-6H2,1-2H3,(H,16,18,19). The Labute approximate surface area is 128 Å². The zero-order valence-corrected chi connectivity index (χ0v) is 13.1. The van der Waals surface area contributed by atoms with Gasteiger partial charge in [-0.3, -0.25) is 4.79 Å². The van der Waals surface area contributed by atoms with Crippen molar-refractivity contribution in [1.29, 1.82) is 0 Å². The number of carbonyl (C=O) groups excluding carboxylic acids is 1. The molecule has 0 aliphatic heterocycles. The molecular formula is C15H19N3O2S. The van der Waals surface area contributed by atoms with Gasteiger partial charge >= 0.3 is 0 Å². The first-order valence-electron chi connectivity index (χ1n) is 7.00. The maximum atomic E-state index is 11.7. The Kier molecular flexibility index (Phi) is 5.68. The van der Waals surface area contributed by atoms with Crippen LogP contribution in [0, 0.1) is 0 Å². The number of ether oxygens (including phenoxy) is 1. The Balaban J connectivity index is 1.95. The third-order valence-corrected chi connectivity index (χ3v) is 3.90. The lowest BCUT2D eigenvalue weighted by atomic mass is 10.2. The predicted octanol–water partition coefficient (Wildman–Crippen LogP) is 3.73. The highest BCUT2D eigenvalue weighted by atomic mass is 32.1. The van der Waals surface area contributed by atoms with Gasteiger partial charge in [-0.15, -0.1) is 10.2 Å². The molecule has 0 fully saturated rings. The molecule has 0 atom stereocenters. The Morgan fingerprint density at radius 3 is 2.67 bits per heavy atom. The maximum absolute atomic E-state index is 11.7. The minimum atomic E-state index is 0.000816. The third kappa shape index (κ3) is 4.53. The normalized spacial score (nSPS) is 10.4. The second kappa shape index (κ2) is 7.73. The van der Waals surface area contributed by atoms with Crippen molar-refractivity contribution in [2.45, 2.75) is 32.6 Å². The Morgan fingerprint density at radius 1 is 1.24 bits per heavy atom. The molecule has 1 amide bonds. The fourth-order valence-electron chi connectivity index (χ4n) is 1.84. The summed E-state index contributed by atoms with van der Waals surface area (Å²) in [7, 11) is 1.63. The molecule has 0 bridgehead atoms. The minimum Gasteiger partial charge on any atom is -0.497 e. The van der Waals surface area contributed by atoms with Crippen LogP contribution < -0.4 is 10.1 Å². The summed E-state index contributed by atoms with van der Waals surface area (Å²) >= 11 is 1.37. The lowest BCUT2D eigenvalue weighted by Crippen LogP contribution is -2.10. The number of methoxy groups -OCH3 is 1. The zero-order valence-electron chi connectivity index (χ0n) is 12.3. The first-order chi connectivity index (χ1) is 10.2. The number of nitrogens with one attached hydrogen (secondary N) is 1. The van der Waals surface area contributed by atoms with Gasteiger partial charge in [-0.05, 0) is 30.7 Å². The number of unbranched alkanes of at least 4 members (excludes halogenated alkanes) is 2. The summed E-state index contributed by atoms with van der Waals surface area (Å²) in [5, 5.41) is 12.2. The highest BCUT2D eigenvalue weighted by Crippen LogP contribution is 2.27. The second-order valence-electron chi connectivity index (χ2n) is 4.65. The molecule has 0 unspecified atom stereocenters. The fraction of sp³-hybridized carbons (Fsp3) is 0.400. The van der Waals surface area contributed by atoms with Crippen LogP contribution in [-0.4, -0.2) is 23.2 Å². The van der Waals surface area contributed by atoms with Crippen LogP contribution in [0.5, 0.6) is 5.75 Å². The highest BCUT2D eigenvalue weighted by molar-refractivity contribution is 7.18. The fourth-order valence-corrected chi connectivity index (χ4v) is 2.61. The largest absolute Gasteiger partial charge is 0.497 e. The van der Waals surface area contributed by atoms with Crippen LogP contribution in [0.3, 0.4) is 0 Å². The SMILES string of the molecule is CCCCCC(=O)Nc1nnc(-c2ccc(OC)cc2)s1. The summed E-state index contributed by atoms with van der Waals surface area (Å²) < 4.78 is 5.12. The van der Waals surface area contributed by atoms with Gasteiger partial charge in [0.15, 0.2) is 0 Å². The van der Waals surface area contributed by atoms with E-state index in [1.165, 1.54) is 11.3 Å². The van der Waals surface area contributed by atoms with E-state index >= 15 is 0 Å². The molecule has 1 aromatic carbocycles. The number of carbonyl (C=O) groups is 1. The molecule has 112 valence electrons. The summed E-state index contributed by atoms with van der Waals surface area (Å²) in [4.78, 5) is 11.7. The van der Waals surface area contributed by atoms with E-state index in [0.29, 0.717) is 11.6 Å². The quantitative estimate of drug-likeness (QED) is 0.792. The molecule has 1 heterocycles. The molecule has 6 heteroatoms. The van der Waals surface area contributed by atoms with Crippen LogP contribution in [0.15, 0.2) is 24.3 Å². The molecule has 0 saturated carbocycles. The average Bonchev–Trinajstić information content (AvgIpc) is 2.96. The van der Waals surface area contributed by atoms with Crippen molar-refractivity contribution in [3.63, 3.8) is 0 Å². The molecule has 1 N–H and O–H groups in total. The Morgan fingerprint density at radius 2 is 2.00 bits per heavy atom. The summed E-state index contributed by atoms with van der Waals surface area (Å²) in [5.41, 5.74) is 0.958. The average molecular weight is 305 g/mol. The molecule has 0 aliphatic rings. The van der Waals surface area contributed by atoms with Crippen LogP contribution in [-0.2, 0) is 4.79 Å². The second-order valence-corrected chi connectivity index (χ2v) is 5.62. The van der Waals surface area contributed by atoms with Crippen LogP contribution in [0.2, 0.25) is 0 Å². The molecule has 0 spiro atoms. The van der Waals surface area contributed by atoms with Crippen LogP contribution in [0.4, 0.5) is 5.13 Å². The van der Waals surface area contributed by atoms with E-state index in [1.807, 2.05) is 24.3 Å². The smallest absolute Gasteiger partial charge is 0.226 e. The molecule has 2 aromatic rings. The van der Waals surface area contributed by atoms with Crippen molar-refractivity contribution in [2.24, 2.45) is 0 Å². The van der Waals surface area contributed by atoms with E-state index in [0.717, 1.165) is 35.6 Å².